The van der Waals surface area contributed by atoms with E-state index in [-0.39, 0.29) is 23.4 Å². The highest BCUT2D eigenvalue weighted by Gasteiger charge is 2.35. The Kier molecular flexibility index (Phi) is 2.23. The molecule has 1 nitrogen and oxygen atoms in total. The molecule has 1 aromatic carbocycles. The maximum Gasteiger partial charge on any atom is 0.0840 e. The zero-order valence-corrected chi connectivity index (χ0v) is 11.0. The summed E-state index contributed by atoms with van der Waals surface area (Å²) in [5, 5.41) is 0.125. The third-order valence-corrected chi connectivity index (χ3v) is 4.72. The van der Waals surface area contributed by atoms with Crippen LogP contribution >= 0.6 is 11.8 Å². The SMILES string of the molecule is [2H]C=C([2H])C([2H])=NC(=C[2H])C1=CC=CC2c3ccccc3SC12. The van der Waals surface area contributed by atoms with Crippen molar-refractivity contribution in [1.82, 2.24) is 0 Å². The zero-order valence-electron chi connectivity index (χ0n) is 14.2. The van der Waals surface area contributed by atoms with E-state index in [1.165, 1.54) is 10.5 Å². The fraction of sp³-hybridized carbons (Fsp3) is 0.118. The molecule has 0 saturated carbocycles. The van der Waals surface area contributed by atoms with E-state index >= 15 is 0 Å². The predicted molar refractivity (Wildman–Crippen MR) is 83.9 cm³/mol. The van der Waals surface area contributed by atoms with Crippen molar-refractivity contribution in [3.05, 3.63) is 78.5 Å². The molecule has 0 amide bonds. The van der Waals surface area contributed by atoms with E-state index in [0.29, 0.717) is 5.70 Å². The Bertz CT molecular complexity index is 777. The van der Waals surface area contributed by atoms with E-state index in [1.807, 2.05) is 24.3 Å². The lowest BCUT2D eigenvalue weighted by molar-refractivity contribution is 0.846. The average Bonchev–Trinajstić information content (AvgIpc) is 2.97. The van der Waals surface area contributed by atoms with E-state index in [9.17, 15) is 0 Å². The van der Waals surface area contributed by atoms with E-state index < -0.39 is 0 Å². The van der Waals surface area contributed by atoms with Crippen LogP contribution in [0.2, 0.25) is 0 Å². The Morgan fingerprint density at radius 1 is 1.47 bits per heavy atom. The molecule has 2 atom stereocenters. The summed E-state index contributed by atoms with van der Waals surface area (Å²) in [5.74, 6) is 0.234. The molecule has 0 bridgehead atoms. The Morgan fingerprint density at radius 2 is 2.42 bits per heavy atom. The van der Waals surface area contributed by atoms with Gasteiger partial charge in [-0.15, -0.1) is 11.8 Å². The standard InChI is InChI=1S/C17H15NS/c1-3-11-18-12(2)13-8-6-9-15-14-7-4-5-10-16(14)19-17(13)15/h3-11,15,17H,1-2H2/i1D,2D,3D,11D. The molecular weight excluding hydrogens is 250 g/mol. The summed E-state index contributed by atoms with van der Waals surface area (Å²) >= 11 is 1.74. The van der Waals surface area contributed by atoms with Gasteiger partial charge in [-0.2, -0.15) is 0 Å². The molecule has 0 aromatic heterocycles. The summed E-state index contributed by atoms with van der Waals surface area (Å²) in [6, 6.07) is 7.99. The number of hydrogen-bond donors (Lipinski definition) is 0. The van der Waals surface area contributed by atoms with Crippen LogP contribution in [0.15, 0.2) is 82.8 Å². The number of allylic oxidation sites excluding steroid dienone is 5. The Labute approximate surface area is 123 Å². The third kappa shape index (κ3) is 2.13. The first-order chi connectivity index (χ1) is 11.2. The summed E-state index contributed by atoms with van der Waals surface area (Å²) in [4.78, 5) is 5.31. The summed E-state index contributed by atoms with van der Waals surface area (Å²) in [6.07, 6.45) is 5.74. The predicted octanol–water partition coefficient (Wildman–Crippen LogP) is 4.51. The smallest absolute Gasteiger partial charge is 0.0840 e. The fourth-order valence-corrected chi connectivity index (χ4v) is 3.94. The van der Waals surface area contributed by atoms with Gasteiger partial charge in [-0.05, 0) is 17.2 Å². The van der Waals surface area contributed by atoms with Crippen molar-refractivity contribution in [3.63, 3.8) is 0 Å². The lowest BCUT2D eigenvalue weighted by atomic mass is 9.87. The molecule has 0 fully saturated rings. The van der Waals surface area contributed by atoms with Crippen molar-refractivity contribution in [1.29, 1.82) is 0 Å². The maximum absolute atomic E-state index is 7.75. The van der Waals surface area contributed by atoms with Gasteiger partial charge in [0.1, 0.15) is 0 Å². The van der Waals surface area contributed by atoms with Gasteiger partial charge >= 0.3 is 0 Å². The second kappa shape index (κ2) is 5.06. The minimum Gasteiger partial charge on any atom is -0.257 e. The highest BCUT2D eigenvalue weighted by atomic mass is 32.2. The monoisotopic (exact) mass is 269 g/mol. The average molecular weight is 269 g/mol. The number of rotatable bonds is 3. The van der Waals surface area contributed by atoms with Gasteiger partial charge in [-0.1, -0.05) is 55.6 Å². The van der Waals surface area contributed by atoms with E-state index in [4.69, 9.17) is 5.48 Å². The highest BCUT2D eigenvalue weighted by Crippen LogP contribution is 2.51. The summed E-state index contributed by atoms with van der Waals surface area (Å²) in [6.45, 7) is 1.91. The van der Waals surface area contributed by atoms with Gasteiger partial charge in [0.15, 0.2) is 0 Å². The van der Waals surface area contributed by atoms with E-state index in [2.05, 4.69) is 23.2 Å². The molecule has 0 radical (unpaired) electrons. The molecular formula is C17H15NS. The fourth-order valence-electron chi connectivity index (χ4n) is 2.46. The molecule has 1 aromatic rings. The first-order valence-corrected chi connectivity index (χ1v) is 6.87. The number of nitrogens with zero attached hydrogens (tertiary/aromatic N) is 1. The van der Waals surface area contributed by atoms with Crippen molar-refractivity contribution in [2.75, 3.05) is 0 Å². The van der Waals surface area contributed by atoms with Crippen molar-refractivity contribution in [2.45, 2.75) is 16.1 Å². The molecule has 1 heterocycles. The van der Waals surface area contributed by atoms with Crippen LogP contribution in [0.5, 0.6) is 0 Å². The summed E-state index contributed by atoms with van der Waals surface area (Å²) in [7, 11) is 0. The van der Waals surface area contributed by atoms with Crippen molar-refractivity contribution in [3.8, 4) is 0 Å². The minimum atomic E-state index is -0.300. The summed E-state index contributed by atoms with van der Waals surface area (Å²) < 4.78 is 29.9. The molecule has 19 heavy (non-hydrogen) atoms. The zero-order chi connectivity index (χ0) is 16.4. The van der Waals surface area contributed by atoms with Crippen LogP contribution < -0.4 is 0 Å². The van der Waals surface area contributed by atoms with Crippen molar-refractivity contribution < 1.29 is 5.48 Å². The number of benzene rings is 1. The molecule has 2 unspecified atom stereocenters. The van der Waals surface area contributed by atoms with E-state index in [1.54, 1.807) is 11.8 Å². The van der Waals surface area contributed by atoms with Gasteiger partial charge in [0.05, 0.1) is 11.2 Å². The van der Waals surface area contributed by atoms with Crippen LogP contribution in [0.4, 0.5) is 0 Å². The van der Waals surface area contributed by atoms with Gasteiger partial charge in [-0.25, -0.2) is 0 Å². The molecule has 94 valence electrons. The molecule has 0 spiro atoms. The minimum absolute atomic E-state index is 0.125. The molecule has 0 N–H and O–H groups in total. The number of fused-ring (bicyclic) bond motifs is 3. The Morgan fingerprint density at radius 3 is 3.32 bits per heavy atom. The lowest BCUT2D eigenvalue weighted by Crippen LogP contribution is -2.14. The van der Waals surface area contributed by atoms with Crippen LogP contribution in [-0.4, -0.2) is 11.4 Å². The first-order valence-electron chi connectivity index (χ1n) is 8.15. The Hall–Kier alpha value is -1.80. The first kappa shape index (κ1) is 8.39. The summed E-state index contributed by atoms with van der Waals surface area (Å²) in [5.41, 5.74) is 2.54. The normalized spacial score (nSPS) is 29.7. The van der Waals surface area contributed by atoms with Crippen molar-refractivity contribution in [2.24, 2.45) is 4.99 Å². The maximum atomic E-state index is 7.75. The molecule has 2 heteroatoms. The number of aliphatic imine (C=N–C) groups is 1. The molecule has 1 aliphatic heterocycles. The number of hydrogen-bond acceptors (Lipinski definition) is 2. The number of thioether (sulfide) groups is 1. The molecule has 1 aliphatic carbocycles. The highest BCUT2D eigenvalue weighted by molar-refractivity contribution is 8.00. The van der Waals surface area contributed by atoms with Crippen LogP contribution in [0, 0.1) is 0 Å². The van der Waals surface area contributed by atoms with Gasteiger partial charge in [0.2, 0.25) is 0 Å². The Balaban J connectivity index is 1.95. The second-order valence-corrected chi connectivity index (χ2v) is 5.55. The van der Waals surface area contributed by atoms with Gasteiger partial charge < -0.3 is 0 Å². The second-order valence-electron chi connectivity index (χ2n) is 4.36. The van der Waals surface area contributed by atoms with Gasteiger partial charge in [0, 0.05) is 22.3 Å². The quantitative estimate of drug-likeness (QED) is 0.735. The van der Waals surface area contributed by atoms with Gasteiger partial charge in [0.25, 0.3) is 0 Å². The molecule has 3 rings (SSSR count). The van der Waals surface area contributed by atoms with Crippen LogP contribution in [0.1, 0.15) is 17.0 Å². The van der Waals surface area contributed by atoms with Crippen LogP contribution in [0.25, 0.3) is 0 Å². The largest absolute Gasteiger partial charge is 0.257 e. The topological polar surface area (TPSA) is 12.4 Å². The molecule has 0 saturated heterocycles. The van der Waals surface area contributed by atoms with E-state index in [0.717, 1.165) is 18.7 Å². The lowest BCUT2D eigenvalue weighted by Gasteiger charge is -2.22. The van der Waals surface area contributed by atoms with Crippen LogP contribution in [0.3, 0.4) is 0 Å². The van der Waals surface area contributed by atoms with Gasteiger partial charge in [-0.3, -0.25) is 4.99 Å². The van der Waals surface area contributed by atoms with Crippen molar-refractivity contribution >= 4 is 18.0 Å². The third-order valence-electron chi connectivity index (χ3n) is 3.30. The van der Waals surface area contributed by atoms with Crippen LogP contribution in [-0.2, 0) is 0 Å². The molecule has 2 aliphatic rings.